The molecule has 1 rings (SSSR count). The molecule has 0 saturated heterocycles. The van der Waals surface area contributed by atoms with Gasteiger partial charge in [-0.15, -0.1) is 0 Å². The van der Waals surface area contributed by atoms with E-state index in [0.29, 0.717) is 5.56 Å². The highest BCUT2D eigenvalue weighted by molar-refractivity contribution is 5.44. The number of hydrogen-bond donors (Lipinski definition) is 1. The van der Waals surface area contributed by atoms with Crippen molar-refractivity contribution in [3.05, 3.63) is 23.4 Å². The zero-order chi connectivity index (χ0) is 11.9. The third kappa shape index (κ3) is 2.61. The number of halogens is 3. The Hall–Kier alpha value is -1.26. The monoisotopic (exact) mass is 218 g/mol. The second kappa shape index (κ2) is 3.40. The van der Waals surface area contributed by atoms with E-state index >= 15 is 0 Å². The van der Waals surface area contributed by atoms with Gasteiger partial charge in [-0.1, -0.05) is 26.8 Å². The molecule has 1 aromatic heterocycles. The van der Waals surface area contributed by atoms with Crippen molar-refractivity contribution in [1.82, 2.24) is 4.98 Å². The Morgan fingerprint density at radius 1 is 1.13 bits per heavy atom. The number of pyridine rings is 1. The van der Waals surface area contributed by atoms with Crippen LogP contribution < -0.4 is 5.73 Å². The molecular weight excluding hydrogens is 205 g/mol. The third-order valence-corrected chi connectivity index (χ3v) is 2.02. The van der Waals surface area contributed by atoms with Crippen LogP contribution in [0.1, 0.15) is 32.0 Å². The summed E-state index contributed by atoms with van der Waals surface area (Å²) in [7, 11) is 0. The molecule has 0 amide bonds. The van der Waals surface area contributed by atoms with Crippen LogP contribution in [0, 0.1) is 0 Å². The first-order valence-electron chi connectivity index (χ1n) is 4.46. The first-order chi connectivity index (χ1) is 6.62. The zero-order valence-electron chi connectivity index (χ0n) is 8.81. The van der Waals surface area contributed by atoms with E-state index in [4.69, 9.17) is 5.73 Å². The van der Waals surface area contributed by atoms with Gasteiger partial charge in [-0.25, -0.2) is 4.98 Å². The summed E-state index contributed by atoms with van der Waals surface area (Å²) in [5, 5.41) is 0. The number of nitrogens with zero attached hydrogens (tertiary/aromatic N) is 1. The minimum Gasteiger partial charge on any atom is -0.383 e. The smallest absolute Gasteiger partial charge is 0.383 e. The van der Waals surface area contributed by atoms with Crippen LogP contribution in [0.5, 0.6) is 0 Å². The normalized spacial score (nSPS) is 12.9. The van der Waals surface area contributed by atoms with E-state index in [1.807, 2.05) is 20.8 Å². The molecule has 84 valence electrons. The second-order valence-electron chi connectivity index (χ2n) is 4.38. The highest BCUT2D eigenvalue weighted by atomic mass is 19.4. The Bertz CT molecular complexity index is 364. The fourth-order valence-electron chi connectivity index (χ4n) is 1.27. The minimum atomic E-state index is -4.44. The first-order valence-corrected chi connectivity index (χ1v) is 4.46. The largest absolute Gasteiger partial charge is 0.433 e. The molecule has 0 spiro atoms. The van der Waals surface area contributed by atoms with Crippen molar-refractivity contribution >= 4 is 5.82 Å². The maximum atomic E-state index is 12.3. The summed E-state index contributed by atoms with van der Waals surface area (Å²) in [6.07, 6.45) is -4.44. The van der Waals surface area contributed by atoms with Crippen LogP contribution >= 0.6 is 0 Å². The molecular formula is C10H13F3N2. The van der Waals surface area contributed by atoms with Crippen molar-refractivity contribution < 1.29 is 13.2 Å². The molecule has 0 aliphatic rings. The van der Waals surface area contributed by atoms with Crippen molar-refractivity contribution in [3.63, 3.8) is 0 Å². The van der Waals surface area contributed by atoms with Gasteiger partial charge in [-0.2, -0.15) is 13.2 Å². The van der Waals surface area contributed by atoms with Gasteiger partial charge in [0, 0.05) is 0 Å². The molecule has 0 radical (unpaired) electrons. The summed E-state index contributed by atoms with van der Waals surface area (Å²) in [6, 6.07) is 2.34. The van der Waals surface area contributed by atoms with E-state index in [1.165, 1.54) is 6.07 Å². The molecule has 0 fully saturated rings. The fraction of sp³-hybridized carbons (Fsp3) is 0.500. The summed E-state index contributed by atoms with van der Waals surface area (Å²) in [5.74, 6) is -0.0580. The third-order valence-electron chi connectivity index (χ3n) is 2.02. The van der Waals surface area contributed by atoms with E-state index in [9.17, 15) is 13.2 Å². The Morgan fingerprint density at radius 2 is 1.67 bits per heavy atom. The molecule has 0 saturated carbocycles. The number of nitrogen functional groups attached to an aromatic ring is 1. The Kier molecular flexibility index (Phi) is 2.67. The van der Waals surface area contributed by atoms with Gasteiger partial charge in [0.2, 0.25) is 0 Å². The van der Waals surface area contributed by atoms with E-state index in [2.05, 4.69) is 4.98 Å². The lowest BCUT2D eigenvalue weighted by Crippen LogP contribution is -2.17. The average Bonchev–Trinajstić information content (AvgIpc) is 1.99. The zero-order valence-corrected chi connectivity index (χ0v) is 8.81. The molecule has 0 unspecified atom stereocenters. The van der Waals surface area contributed by atoms with E-state index in [0.717, 1.165) is 6.07 Å². The van der Waals surface area contributed by atoms with Gasteiger partial charge in [-0.3, -0.25) is 0 Å². The van der Waals surface area contributed by atoms with Crippen LogP contribution in [0.15, 0.2) is 12.1 Å². The maximum Gasteiger partial charge on any atom is 0.433 e. The summed E-state index contributed by atoms with van der Waals surface area (Å²) in [5.41, 5.74) is 4.86. The van der Waals surface area contributed by atoms with Gasteiger partial charge in [0.25, 0.3) is 0 Å². The highest BCUT2D eigenvalue weighted by Crippen LogP contribution is 2.32. The molecule has 2 N–H and O–H groups in total. The van der Waals surface area contributed by atoms with Crippen LogP contribution in [-0.2, 0) is 11.6 Å². The Labute approximate surface area is 86.3 Å². The Morgan fingerprint density at radius 3 is 2.00 bits per heavy atom. The summed E-state index contributed by atoms with van der Waals surface area (Å²) < 4.78 is 36.8. The average molecular weight is 218 g/mol. The van der Waals surface area contributed by atoms with Gasteiger partial charge in [0.05, 0.1) is 0 Å². The molecule has 1 aromatic rings. The number of hydrogen-bond acceptors (Lipinski definition) is 2. The van der Waals surface area contributed by atoms with Crippen molar-refractivity contribution in [2.45, 2.75) is 32.4 Å². The molecule has 0 aromatic carbocycles. The number of alkyl halides is 3. The van der Waals surface area contributed by atoms with Crippen LogP contribution in [0.25, 0.3) is 0 Å². The quantitative estimate of drug-likeness (QED) is 0.727. The van der Waals surface area contributed by atoms with Gasteiger partial charge >= 0.3 is 6.18 Å². The number of rotatable bonds is 0. The fourth-order valence-corrected chi connectivity index (χ4v) is 1.27. The lowest BCUT2D eigenvalue weighted by molar-refractivity contribution is -0.141. The van der Waals surface area contributed by atoms with Crippen molar-refractivity contribution in [1.29, 1.82) is 0 Å². The van der Waals surface area contributed by atoms with E-state index in [1.54, 1.807) is 0 Å². The van der Waals surface area contributed by atoms with Crippen LogP contribution in [0.3, 0.4) is 0 Å². The molecule has 0 aliphatic heterocycles. The van der Waals surface area contributed by atoms with Gasteiger partial charge in [0.15, 0.2) is 0 Å². The second-order valence-corrected chi connectivity index (χ2v) is 4.38. The molecule has 1 heterocycles. The topological polar surface area (TPSA) is 38.9 Å². The van der Waals surface area contributed by atoms with Crippen molar-refractivity contribution in [3.8, 4) is 0 Å². The van der Waals surface area contributed by atoms with Gasteiger partial charge in [-0.05, 0) is 17.0 Å². The predicted molar refractivity (Wildman–Crippen MR) is 52.4 cm³/mol. The first kappa shape index (κ1) is 11.8. The maximum absolute atomic E-state index is 12.3. The van der Waals surface area contributed by atoms with Crippen molar-refractivity contribution in [2.24, 2.45) is 0 Å². The molecule has 0 aliphatic carbocycles. The number of nitrogens with two attached hydrogens (primary N) is 1. The number of anilines is 1. The van der Waals surface area contributed by atoms with Crippen LogP contribution in [0.2, 0.25) is 0 Å². The molecule has 0 atom stereocenters. The lowest BCUT2D eigenvalue weighted by Gasteiger charge is -2.21. The lowest BCUT2D eigenvalue weighted by atomic mass is 9.87. The van der Waals surface area contributed by atoms with Gasteiger partial charge in [0.1, 0.15) is 11.5 Å². The van der Waals surface area contributed by atoms with E-state index in [-0.39, 0.29) is 11.2 Å². The molecule has 5 heteroatoms. The molecule has 15 heavy (non-hydrogen) atoms. The summed E-state index contributed by atoms with van der Waals surface area (Å²) >= 11 is 0. The number of aromatic nitrogens is 1. The van der Waals surface area contributed by atoms with Gasteiger partial charge < -0.3 is 5.73 Å². The molecule has 0 bridgehead atoms. The van der Waals surface area contributed by atoms with Crippen molar-refractivity contribution in [2.75, 3.05) is 5.73 Å². The summed E-state index contributed by atoms with van der Waals surface area (Å²) in [6.45, 7) is 5.61. The van der Waals surface area contributed by atoms with E-state index < -0.39 is 11.9 Å². The Balaban J connectivity index is 3.21. The SMILES string of the molecule is CC(C)(C)c1ccc(C(F)(F)F)nc1N. The standard InChI is InChI=1S/C10H13F3N2/c1-9(2,3)6-4-5-7(10(11,12)13)15-8(6)14/h4-5H,1-3H3,(H2,14,15). The minimum absolute atomic E-state index is 0.0580. The predicted octanol–water partition coefficient (Wildman–Crippen LogP) is 2.98. The highest BCUT2D eigenvalue weighted by Gasteiger charge is 2.33. The van der Waals surface area contributed by atoms with Crippen LogP contribution in [-0.4, -0.2) is 4.98 Å². The van der Waals surface area contributed by atoms with Crippen LogP contribution in [0.4, 0.5) is 19.0 Å². The summed E-state index contributed by atoms with van der Waals surface area (Å²) in [4.78, 5) is 3.36. The molecule has 2 nitrogen and oxygen atoms in total.